The molecule has 198 valence electrons. The van der Waals surface area contributed by atoms with Crippen molar-refractivity contribution in [1.29, 1.82) is 0 Å². The maximum absolute atomic E-state index is 13.2. The third-order valence-electron chi connectivity index (χ3n) is 7.43. The van der Waals surface area contributed by atoms with E-state index < -0.39 is 6.67 Å². The molecule has 2 fully saturated rings. The highest BCUT2D eigenvalue weighted by atomic mass is 19.1. The number of alkyl halides is 1. The second kappa shape index (κ2) is 11.7. The number of aromatic nitrogens is 3. The van der Waals surface area contributed by atoms with Crippen molar-refractivity contribution in [3.63, 3.8) is 0 Å². The lowest BCUT2D eigenvalue weighted by Gasteiger charge is -2.37. The molecule has 2 aromatic heterocycles. The highest BCUT2D eigenvalue weighted by Gasteiger charge is 2.34. The van der Waals surface area contributed by atoms with E-state index >= 15 is 0 Å². The first-order valence-corrected chi connectivity index (χ1v) is 13.1. The number of aryl methyl sites for hydroxylation is 2. The number of nitrogens with one attached hydrogen (secondary N) is 1. The molecule has 5 rings (SSSR count). The van der Waals surface area contributed by atoms with Crippen LogP contribution in [0.1, 0.15) is 66.6 Å². The number of hydrogen-bond acceptors (Lipinski definition) is 4. The number of halogens is 1. The van der Waals surface area contributed by atoms with Crippen molar-refractivity contribution in [2.24, 2.45) is 13.0 Å². The van der Waals surface area contributed by atoms with Gasteiger partial charge < -0.3 is 14.8 Å². The van der Waals surface area contributed by atoms with Crippen LogP contribution in [0.25, 0.3) is 16.9 Å². The molecule has 1 N–H and O–H groups in total. The number of carbonyl (C=O) groups is 2. The van der Waals surface area contributed by atoms with E-state index in [4.69, 9.17) is 0 Å². The SMILES string of the molecule is CCNC=O.Cc1nn2c(=O)cc(-c3ccc(C4CCCCC4)cc3)n(C)c2c1C(=O)N1CC(CF)C1. The quantitative estimate of drug-likeness (QED) is 0.512. The van der Waals surface area contributed by atoms with Gasteiger partial charge in [0.25, 0.3) is 11.5 Å². The van der Waals surface area contributed by atoms with E-state index in [9.17, 15) is 18.8 Å². The van der Waals surface area contributed by atoms with Crippen LogP contribution in [0.15, 0.2) is 35.1 Å². The van der Waals surface area contributed by atoms with E-state index in [1.165, 1.54) is 42.2 Å². The van der Waals surface area contributed by atoms with Crippen molar-refractivity contribution >= 4 is 18.0 Å². The number of carbonyl (C=O) groups excluding carboxylic acids is 2. The van der Waals surface area contributed by atoms with Crippen LogP contribution in [-0.4, -0.2) is 57.7 Å². The monoisotopic (exact) mass is 509 g/mol. The highest BCUT2D eigenvalue weighted by molar-refractivity contribution is 6.01. The van der Waals surface area contributed by atoms with Gasteiger partial charge in [0, 0.05) is 38.7 Å². The third-order valence-corrected chi connectivity index (χ3v) is 7.43. The minimum atomic E-state index is -0.420. The van der Waals surface area contributed by atoms with Crippen molar-refractivity contribution in [2.45, 2.75) is 51.9 Å². The molecular weight excluding hydrogens is 473 g/mol. The van der Waals surface area contributed by atoms with Gasteiger partial charge in [-0.25, -0.2) is 0 Å². The molecule has 9 heteroatoms. The van der Waals surface area contributed by atoms with Crippen LogP contribution in [0.5, 0.6) is 0 Å². The van der Waals surface area contributed by atoms with Gasteiger partial charge >= 0.3 is 0 Å². The first-order valence-electron chi connectivity index (χ1n) is 13.1. The molecule has 8 nitrogen and oxygen atoms in total. The number of likely N-dealkylation sites (tertiary alicyclic amines) is 1. The molecule has 2 aliphatic rings. The second-order valence-corrected chi connectivity index (χ2v) is 9.99. The molecule has 3 heterocycles. The minimum absolute atomic E-state index is 0.0943. The summed E-state index contributed by atoms with van der Waals surface area (Å²) in [4.78, 5) is 37.0. The Hall–Kier alpha value is -3.49. The molecule has 1 aromatic carbocycles. The van der Waals surface area contributed by atoms with Crippen molar-refractivity contribution in [3.05, 3.63) is 57.5 Å². The lowest BCUT2D eigenvalue weighted by molar-refractivity contribution is -0.109. The van der Waals surface area contributed by atoms with Crippen LogP contribution in [0.2, 0.25) is 0 Å². The van der Waals surface area contributed by atoms with E-state index in [1.807, 2.05) is 18.5 Å². The normalized spacial score (nSPS) is 16.2. The molecule has 1 saturated heterocycles. The lowest BCUT2D eigenvalue weighted by Crippen LogP contribution is -2.51. The fraction of sp³-hybridized carbons (Fsp3) is 0.500. The largest absolute Gasteiger partial charge is 0.359 e. The Labute approximate surface area is 216 Å². The summed E-state index contributed by atoms with van der Waals surface area (Å²) < 4.78 is 16.0. The Bertz CT molecular complexity index is 1300. The maximum Gasteiger partial charge on any atom is 0.274 e. The van der Waals surface area contributed by atoms with Crippen LogP contribution in [0.3, 0.4) is 0 Å². The summed E-state index contributed by atoms with van der Waals surface area (Å²) >= 11 is 0. The predicted octanol–water partition coefficient (Wildman–Crippen LogP) is 3.85. The molecule has 0 spiro atoms. The lowest BCUT2D eigenvalue weighted by atomic mass is 9.84. The first kappa shape index (κ1) is 26.6. The van der Waals surface area contributed by atoms with E-state index in [1.54, 1.807) is 17.9 Å². The Morgan fingerprint density at radius 2 is 1.84 bits per heavy atom. The summed E-state index contributed by atoms with van der Waals surface area (Å²) in [6.45, 7) is 4.73. The zero-order valence-corrected chi connectivity index (χ0v) is 21.9. The Kier molecular flexibility index (Phi) is 8.41. The Morgan fingerprint density at radius 1 is 1.16 bits per heavy atom. The molecule has 1 aliphatic carbocycles. The van der Waals surface area contributed by atoms with Crippen LogP contribution < -0.4 is 10.9 Å². The molecular formula is C28H36FN5O3. The summed E-state index contributed by atoms with van der Waals surface area (Å²) in [5, 5.41) is 6.78. The predicted molar refractivity (Wildman–Crippen MR) is 142 cm³/mol. The minimum Gasteiger partial charge on any atom is -0.359 e. The Morgan fingerprint density at radius 3 is 2.41 bits per heavy atom. The van der Waals surface area contributed by atoms with E-state index in [0.717, 1.165) is 17.8 Å². The van der Waals surface area contributed by atoms with E-state index in [-0.39, 0.29) is 17.4 Å². The summed E-state index contributed by atoms with van der Waals surface area (Å²) in [5.41, 5.74) is 4.18. The van der Waals surface area contributed by atoms with E-state index in [0.29, 0.717) is 42.3 Å². The topological polar surface area (TPSA) is 88.7 Å². The fourth-order valence-electron chi connectivity index (χ4n) is 5.33. The van der Waals surface area contributed by atoms with Crippen LogP contribution >= 0.6 is 0 Å². The van der Waals surface area contributed by atoms with Gasteiger partial charge in [-0.2, -0.15) is 9.61 Å². The van der Waals surface area contributed by atoms with Crippen molar-refractivity contribution < 1.29 is 14.0 Å². The Balaban J connectivity index is 0.000000586. The standard InChI is InChI=1S/C25H29FN4O2.C3H7NO/c1-16-23(25(32)29-14-17(13-26)15-29)24-28(2)21(12-22(31)30(24)27-16)20-10-8-19(9-11-20)18-6-4-3-5-7-18;1-2-4-3-5/h8-12,17-18H,3-7,13-15H2,1-2H3;3H,2H2,1H3,(H,4,5). The summed E-state index contributed by atoms with van der Waals surface area (Å²) in [6.07, 6.45) is 7.07. The summed E-state index contributed by atoms with van der Waals surface area (Å²) in [5.74, 6) is 0.334. The smallest absolute Gasteiger partial charge is 0.274 e. The number of nitrogens with zero attached hydrogens (tertiary/aromatic N) is 4. The molecule has 1 aliphatic heterocycles. The highest BCUT2D eigenvalue weighted by Crippen LogP contribution is 2.34. The zero-order valence-electron chi connectivity index (χ0n) is 21.9. The first-order chi connectivity index (χ1) is 17.9. The van der Waals surface area contributed by atoms with E-state index in [2.05, 4.69) is 34.7 Å². The van der Waals surface area contributed by atoms with Crippen molar-refractivity contribution in [2.75, 3.05) is 26.3 Å². The number of rotatable bonds is 6. The fourth-order valence-corrected chi connectivity index (χ4v) is 5.33. The average Bonchev–Trinajstić information content (AvgIpc) is 3.25. The number of amides is 2. The van der Waals surface area contributed by atoms with Gasteiger partial charge in [-0.15, -0.1) is 0 Å². The number of fused-ring (bicyclic) bond motifs is 1. The third kappa shape index (κ3) is 5.45. The molecule has 37 heavy (non-hydrogen) atoms. The van der Waals surface area contributed by atoms with Gasteiger partial charge in [0.2, 0.25) is 6.41 Å². The zero-order chi connectivity index (χ0) is 26.5. The summed E-state index contributed by atoms with van der Waals surface area (Å²) in [6, 6.07) is 10.1. The van der Waals surface area contributed by atoms with Gasteiger partial charge in [0.05, 0.1) is 18.1 Å². The van der Waals surface area contributed by atoms with Gasteiger partial charge in [-0.1, -0.05) is 43.5 Å². The van der Waals surface area contributed by atoms with Crippen LogP contribution in [0.4, 0.5) is 4.39 Å². The van der Waals surface area contributed by atoms with Crippen LogP contribution in [-0.2, 0) is 11.8 Å². The van der Waals surface area contributed by atoms with Crippen molar-refractivity contribution in [3.8, 4) is 11.3 Å². The van der Waals surface area contributed by atoms with Crippen LogP contribution in [0, 0.1) is 12.8 Å². The average molecular weight is 510 g/mol. The number of benzene rings is 1. The molecule has 1 saturated carbocycles. The molecule has 0 radical (unpaired) electrons. The van der Waals surface area contributed by atoms with Gasteiger partial charge in [0.1, 0.15) is 5.56 Å². The number of hydrogen-bond donors (Lipinski definition) is 1. The molecule has 0 atom stereocenters. The molecule has 3 aromatic rings. The van der Waals surface area contributed by atoms with Gasteiger partial charge in [-0.3, -0.25) is 18.8 Å². The van der Waals surface area contributed by atoms with Crippen molar-refractivity contribution in [1.82, 2.24) is 24.4 Å². The van der Waals surface area contributed by atoms with Gasteiger partial charge in [-0.05, 0) is 43.7 Å². The van der Waals surface area contributed by atoms with Gasteiger partial charge in [0.15, 0.2) is 5.65 Å². The maximum atomic E-state index is 13.2. The second-order valence-electron chi connectivity index (χ2n) is 9.99. The molecule has 2 amide bonds. The molecule has 0 unspecified atom stereocenters. The molecule has 0 bridgehead atoms. The summed E-state index contributed by atoms with van der Waals surface area (Å²) in [7, 11) is 1.86.